The lowest BCUT2D eigenvalue weighted by Gasteiger charge is -2.23. The SMILES string of the molecule is CCN(CCO)c1ccc(CCc2cc[n+](CCSSCC[NH3+])c(C)c2)c(C)c1. The van der Waals surface area contributed by atoms with Gasteiger partial charge in [0, 0.05) is 37.8 Å². The molecular formula is C23H37N3OS2+2. The zero-order valence-electron chi connectivity index (χ0n) is 18.2. The van der Waals surface area contributed by atoms with E-state index in [4.69, 9.17) is 0 Å². The summed E-state index contributed by atoms with van der Waals surface area (Å²) in [7, 11) is 3.86. The molecule has 1 heterocycles. The maximum Gasteiger partial charge on any atom is 0.178 e. The number of aliphatic hydroxyl groups excluding tert-OH is 1. The molecule has 0 spiro atoms. The number of aliphatic hydroxyl groups is 1. The van der Waals surface area contributed by atoms with Crippen molar-refractivity contribution in [2.24, 2.45) is 0 Å². The Balaban J connectivity index is 1.91. The first-order valence-corrected chi connectivity index (χ1v) is 13.1. The van der Waals surface area contributed by atoms with E-state index in [1.807, 2.05) is 21.6 Å². The van der Waals surface area contributed by atoms with Gasteiger partial charge in [0.15, 0.2) is 18.4 Å². The predicted molar refractivity (Wildman–Crippen MR) is 128 cm³/mol. The molecule has 0 amide bonds. The van der Waals surface area contributed by atoms with Gasteiger partial charge in [-0.25, -0.2) is 4.57 Å². The van der Waals surface area contributed by atoms with Crippen LogP contribution in [0, 0.1) is 13.8 Å². The molecule has 4 nitrogen and oxygen atoms in total. The summed E-state index contributed by atoms with van der Waals surface area (Å²) in [4.78, 5) is 2.21. The van der Waals surface area contributed by atoms with Crippen LogP contribution in [0.2, 0.25) is 0 Å². The highest BCUT2D eigenvalue weighted by atomic mass is 33.1. The number of hydrogen-bond donors (Lipinski definition) is 2. The maximum absolute atomic E-state index is 9.24. The highest BCUT2D eigenvalue weighted by Gasteiger charge is 2.10. The van der Waals surface area contributed by atoms with Gasteiger partial charge in [-0.15, -0.1) is 0 Å². The van der Waals surface area contributed by atoms with Gasteiger partial charge in [-0.1, -0.05) is 27.7 Å². The van der Waals surface area contributed by atoms with Crippen LogP contribution in [-0.4, -0.2) is 42.9 Å². The average molecular weight is 436 g/mol. The third-order valence-electron chi connectivity index (χ3n) is 5.17. The highest BCUT2D eigenvalue weighted by molar-refractivity contribution is 8.76. The van der Waals surface area contributed by atoms with Gasteiger partial charge < -0.3 is 15.7 Å². The quantitative estimate of drug-likeness (QED) is 0.289. The molecule has 0 aliphatic heterocycles. The number of likely N-dealkylation sites (N-methyl/N-ethyl adjacent to an activating group) is 1. The standard InChI is InChI=1S/C23H36N3OS2/c1-4-25(12-14-27)23-8-7-22(19(2)17-23)6-5-21-9-11-26(20(3)18-21)13-16-29-28-15-10-24/h7-9,11,17-18,27H,4-6,10,12-16,24H2,1-3H3/q+1/p+1. The lowest BCUT2D eigenvalue weighted by molar-refractivity contribution is -0.698. The van der Waals surface area contributed by atoms with Crippen molar-refractivity contribution in [1.82, 2.24) is 0 Å². The average Bonchev–Trinajstić information content (AvgIpc) is 2.72. The molecule has 160 valence electrons. The number of pyridine rings is 1. The first-order valence-electron chi connectivity index (χ1n) is 10.6. The fraction of sp³-hybridized carbons (Fsp3) is 0.522. The summed E-state index contributed by atoms with van der Waals surface area (Å²) in [5.74, 6) is 2.26. The molecule has 0 atom stereocenters. The van der Waals surface area contributed by atoms with Gasteiger partial charge in [0.2, 0.25) is 0 Å². The van der Waals surface area contributed by atoms with Gasteiger partial charge in [0.1, 0.15) is 0 Å². The molecule has 4 N–H and O–H groups in total. The molecule has 0 aliphatic carbocycles. The van der Waals surface area contributed by atoms with Crippen molar-refractivity contribution in [1.29, 1.82) is 0 Å². The Kier molecular flexibility index (Phi) is 10.9. The molecule has 0 radical (unpaired) electrons. The lowest BCUT2D eigenvalue weighted by atomic mass is 10.00. The first kappa shape index (κ1) is 24.1. The van der Waals surface area contributed by atoms with Crippen molar-refractivity contribution < 1.29 is 15.4 Å². The number of nitrogens with zero attached hydrogens (tertiary/aromatic N) is 2. The zero-order chi connectivity index (χ0) is 21.1. The number of anilines is 1. The minimum atomic E-state index is 0.190. The van der Waals surface area contributed by atoms with E-state index in [0.29, 0.717) is 6.54 Å². The number of aromatic nitrogens is 1. The summed E-state index contributed by atoms with van der Waals surface area (Å²) in [5.41, 5.74) is 10.6. The first-order chi connectivity index (χ1) is 14.1. The van der Waals surface area contributed by atoms with Gasteiger partial charge in [0.05, 0.1) is 24.7 Å². The molecule has 1 aromatic heterocycles. The van der Waals surface area contributed by atoms with Crippen molar-refractivity contribution in [2.75, 3.05) is 42.6 Å². The van der Waals surface area contributed by atoms with Crippen LogP contribution in [0.1, 0.15) is 29.3 Å². The van der Waals surface area contributed by atoms with Crippen molar-refractivity contribution in [3.8, 4) is 0 Å². The number of aryl methyl sites for hydroxylation is 5. The Hall–Kier alpha value is -1.21. The summed E-state index contributed by atoms with van der Waals surface area (Å²) in [6.07, 6.45) is 4.35. The largest absolute Gasteiger partial charge is 0.395 e. The van der Waals surface area contributed by atoms with Crippen LogP contribution in [0.5, 0.6) is 0 Å². The fourth-order valence-electron chi connectivity index (χ4n) is 3.45. The van der Waals surface area contributed by atoms with E-state index in [2.05, 4.69) is 72.5 Å². The molecule has 0 bridgehead atoms. The third kappa shape index (κ3) is 7.85. The molecule has 0 aliphatic rings. The summed E-state index contributed by atoms with van der Waals surface area (Å²) in [5, 5.41) is 9.24. The van der Waals surface area contributed by atoms with Crippen LogP contribution in [0.4, 0.5) is 5.69 Å². The van der Waals surface area contributed by atoms with Crippen molar-refractivity contribution >= 4 is 27.3 Å². The van der Waals surface area contributed by atoms with Crippen LogP contribution in [0.25, 0.3) is 0 Å². The Labute approximate surface area is 184 Å². The van der Waals surface area contributed by atoms with Gasteiger partial charge in [-0.3, -0.25) is 0 Å². The second kappa shape index (κ2) is 13.2. The van der Waals surface area contributed by atoms with E-state index >= 15 is 0 Å². The molecule has 0 unspecified atom stereocenters. The molecule has 0 saturated heterocycles. The number of quaternary nitrogens is 1. The number of rotatable bonds is 13. The van der Waals surface area contributed by atoms with Crippen molar-refractivity contribution in [3.05, 3.63) is 58.9 Å². The molecule has 2 aromatic rings. The van der Waals surface area contributed by atoms with Crippen molar-refractivity contribution in [3.63, 3.8) is 0 Å². The summed E-state index contributed by atoms with van der Waals surface area (Å²) in [6.45, 7) is 10.4. The van der Waals surface area contributed by atoms with Gasteiger partial charge >= 0.3 is 0 Å². The molecule has 1 aromatic carbocycles. The Morgan fingerprint density at radius 1 is 1.07 bits per heavy atom. The van der Waals surface area contributed by atoms with Crippen LogP contribution in [-0.2, 0) is 19.4 Å². The Morgan fingerprint density at radius 2 is 1.86 bits per heavy atom. The Morgan fingerprint density at radius 3 is 2.52 bits per heavy atom. The second-order valence-electron chi connectivity index (χ2n) is 7.28. The summed E-state index contributed by atoms with van der Waals surface area (Å²) < 4.78 is 2.35. The molecule has 2 rings (SSSR count). The normalized spacial score (nSPS) is 11.1. The second-order valence-corrected chi connectivity index (χ2v) is 9.98. The predicted octanol–water partition coefficient (Wildman–Crippen LogP) is 2.82. The minimum Gasteiger partial charge on any atom is -0.395 e. The fourth-order valence-corrected chi connectivity index (χ4v) is 5.36. The third-order valence-corrected chi connectivity index (χ3v) is 7.64. The monoisotopic (exact) mass is 435 g/mol. The van der Waals surface area contributed by atoms with E-state index in [9.17, 15) is 5.11 Å². The van der Waals surface area contributed by atoms with Gasteiger partial charge in [-0.2, -0.15) is 0 Å². The minimum absolute atomic E-state index is 0.190. The summed E-state index contributed by atoms with van der Waals surface area (Å²) >= 11 is 0. The smallest absolute Gasteiger partial charge is 0.178 e. The zero-order valence-corrected chi connectivity index (χ0v) is 19.8. The van der Waals surface area contributed by atoms with Crippen LogP contribution in [0.3, 0.4) is 0 Å². The Bertz CT molecular complexity index is 755. The van der Waals surface area contributed by atoms with Crippen LogP contribution >= 0.6 is 21.6 Å². The topological polar surface area (TPSA) is 55.0 Å². The molecule has 0 fully saturated rings. The van der Waals surface area contributed by atoms with Crippen molar-refractivity contribution in [2.45, 2.75) is 40.2 Å². The van der Waals surface area contributed by atoms with Gasteiger partial charge in [-0.05, 0) is 55.5 Å². The van der Waals surface area contributed by atoms with E-state index in [-0.39, 0.29) is 6.61 Å². The van der Waals surface area contributed by atoms with Crippen LogP contribution in [0.15, 0.2) is 36.5 Å². The molecular weight excluding hydrogens is 398 g/mol. The lowest BCUT2D eigenvalue weighted by Crippen LogP contribution is -2.51. The van der Waals surface area contributed by atoms with E-state index < -0.39 is 0 Å². The molecule has 0 saturated carbocycles. The molecule has 29 heavy (non-hydrogen) atoms. The molecule has 6 heteroatoms. The van der Waals surface area contributed by atoms with E-state index in [0.717, 1.165) is 44.0 Å². The van der Waals surface area contributed by atoms with Gasteiger partial charge in [0.25, 0.3) is 0 Å². The summed E-state index contributed by atoms with van der Waals surface area (Å²) in [6, 6.07) is 11.3. The highest BCUT2D eigenvalue weighted by Crippen LogP contribution is 2.21. The van der Waals surface area contributed by atoms with E-state index in [1.54, 1.807) is 0 Å². The van der Waals surface area contributed by atoms with Crippen LogP contribution < -0.4 is 15.2 Å². The number of hydrogen-bond acceptors (Lipinski definition) is 4. The van der Waals surface area contributed by atoms with E-state index in [1.165, 1.54) is 28.1 Å². The number of benzene rings is 1. The maximum atomic E-state index is 9.24.